The van der Waals surface area contributed by atoms with E-state index in [9.17, 15) is 4.79 Å². The molecule has 2 aromatic rings. The van der Waals surface area contributed by atoms with Gasteiger partial charge in [-0.05, 0) is 18.4 Å². The molecule has 4 rings (SSSR count). The molecule has 1 amide bonds. The number of nitrogens with zero attached hydrogens (tertiary/aromatic N) is 5. The van der Waals surface area contributed by atoms with Crippen LogP contribution in [0.2, 0.25) is 0 Å². The number of aromatic nitrogens is 3. The Balaban J connectivity index is 1.41. The van der Waals surface area contributed by atoms with E-state index in [0.29, 0.717) is 5.92 Å². The molecule has 1 fully saturated rings. The molecule has 0 unspecified atom stereocenters. The number of benzene rings is 1. The van der Waals surface area contributed by atoms with Gasteiger partial charge in [-0.1, -0.05) is 30.3 Å². The minimum absolute atomic E-state index is 0.179. The van der Waals surface area contributed by atoms with Crippen molar-refractivity contribution >= 4 is 5.91 Å². The van der Waals surface area contributed by atoms with Crippen molar-refractivity contribution in [1.82, 2.24) is 24.6 Å². The zero-order valence-electron chi connectivity index (χ0n) is 14.8. The number of hydrogen-bond acceptors (Lipinski definition) is 4. The summed E-state index contributed by atoms with van der Waals surface area (Å²) in [7, 11) is 0. The van der Waals surface area contributed by atoms with Gasteiger partial charge in [-0.15, -0.1) is 10.2 Å². The number of carbonyl (C=O) groups is 1. The first-order valence-corrected chi connectivity index (χ1v) is 9.14. The highest BCUT2D eigenvalue weighted by atomic mass is 16.2. The van der Waals surface area contributed by atoms with Crippen molar-refractivity contribution in [3.63, 3.8) is 0 Å². The number of amides is 1. The lowest BCUT2D eigenvalue weighted by Gasteiger charge is -2.32. The summed E-state index contributed by atoms with van der Waals surface area (Å²) in [5, 5.41) is 8.98. The number of carbonyl (C=O) groups excluding carboxylic acids is 1. The number of rotatable bonds is 3. The average Bonchev–Trinajstić information content (AvgIpc) is 3.06. The van der Waals surface area contributed by atoms with Crippen molar-refractivity contribution in [3.8, 4) is 0 Å². The zero-order valence-corrected chi connectivity index (χ0v) is 14.8. The topological polar surface area (TPSA) is 54.3 Å². The van der Waals surface area contributed by atoms with Gasteiger partial charge in [0.1, 0.15) is 11.6 Å². The van der Waals surface area contributed by atoms with Crippen LogP contribution in [0.25, 0.3) is 0 Å². The minimum atomic E-state index is 0.179. The van der Waals surface area contributed by atoms with E-state index >= 15 is 0 Å². The molecule has 2 aliphatic rings. The normalized spacial score (nSPS) is 19.0. The van der Waals surface area contributed by atoms with Gasteiger partial charge >= 0.3 is 0 Å². The summed E-state index contributed by atoms with van der Waals surface area (Å²) in [6.45, 7) is 7.12. The van der Waals surface area contributed by atoms with Gasteiger partial charge in [0.2, 0.25) is 5.91 Å². The minimum Gasteiger partial charge on any atom is -0.343 e. The second kappa shape index (κ2) is 6.96. The molecule has 2 aliphatic heterocycles. The van der Waals surface area contributed by atoms with Gasteiger partial charge < -0.3 is 9.47 Å². The fourth-order valence-corrected chi connectivity index (χ4v) is 3.96. The maximum Gasteiger partial charge on any atom is 0.219 e. The Morgan fingerprint density at radius 3 is 2.56 bits per heavy atom. The number of fused-ring (bicyclic) bond motifs is 1. The van der Waals surface area contributed by atoms with Crippen LogP contribution in [-0.4, -0.2) is 50.1 Å². The lowest BCUT2D eigenvalue weighted by molar-refractivity contribution is -0.129. The van der Waals surface area contributed by atoms with E-state index in [2.05, 4.69) is 50.0 Å². The maximum absolute atomic E-state index is 11.5. The number of hydrogen-bond donors (Lipinski definition) is 0. The average molecular weight is 339 g/mol. The fourth-order valence-electron chi connectivity index (χ4n) is 3.96. The quantitative estimate of drug-likeness (QED) is 0.858. The van der Waals surface area contributed by atoms with Crippen LogP contribution in [0.5, 0.6) is 0 Å². The van der Waals surface area contributed by atoms with E-state index in [1.54, 1.807) is 6.92 Å². The van der Waals surface area contributed by atoms with Gasteiger partial charge in [0.05, 0.1) is 6.54 Å². The van der Waals surface area contributed by atoms with E-state index in [0.717, 1.165) is 63.8 Å². The first kappa shape index (κ1) is 16.3. The lowest BCUT2D eigenvalue weighted by atomic mass is 9.95. The van der Waals surface area contributed by atoms with Crippen LogP contribution >= 0.6 is 0 Å². The Morgan fingerprint density at radius 1 is 1.08 bits per heavy atom. The second-order valence-electron chi connectivity index (χ2n) is 7.10. The van der Waals surface area contributed by atoms with E-state index in [4.69, 9.17) is 0 Å². The maximum atomic E-state index is 11.5. The smallest absolute Gasteiger partial charge is 0.219 e. The molecular formula is C19H25N5O. The molecule has 3 heterocycles. The van der Waals surface area contributed by atoms with Crippen LogP contribution in [0.3, 0.4) is 0 Å². The predicted molar refractivity (Wildman–Crippen MR) is 94.8 cm³/mol. The lowest BCUT2D eigenvalue weighted by Crippen LogP contribution is -2.38. The molecule has 0 spiro atoms. The third kappa shape index (κ3) is 3.44. The summed E-state index contributed by atoms with van der Waals surface area (Å²) in [4.78, 5) is 15.9. The Kier molecular flexibility index (Phi) is 4.53. The van der Waals surface area contributed by atoms with Crippen molar-refractivity contribution in [2.75, 3.05) is 19.6 Å². The van der Waals surface area contributed by atoms with Crippen molar-refractivity contribution in [2.45, 2.75) is 45.3 Å². The van der Waals surface area contributed by atoms with E-state index in [-0.39, 0.29) is 5.91 Å². The molecule has 0 atom stereocenters. The predicted octanol–water partition coefficient (Wildman–Crippen LogP) is 2.02. The molecule has 0 bridgehead atoms. The Bertz CT molecular complexity index is 734. The number of likely N-dealkylation sites (tertiary alicyclic amines) is 1. The second-order valence-corrected chi connectivity index (χ2v) is 7.10. The van der Waals surface area contributed by atoms with Gasteiger partial charge in [0.25, 0.3) is 0 Å². The molecule has 0 radical (unpaired) electrons. The number of piperidine rings is 1. The van der Waals surface area contributed by atoms with Crippen LogP contribution < -0.4 is 0 Å². The van der Waals surface area contributed by atoms with E-state index in [1.807, 2.05) is 4.90 Å². The summed E-state index contributed by atoms with van der Waals surface area (Å²) in [5.41, 5.74) is 1.34. The molecular weight excluding hydrogens is 314 g/mol. The van der Waals surface area contributed by atoms with Gasteiger partial charge in [-0.3, -0.25) is 9.69 Å². The van der Waals surface area contributed by atoms with Crippen molar-refractivity contribution in [3.05, 3.63) is 47.5 Å². The molecule has 132 valence electrons. The van der Waals surface area contributed by atoms with Gasteiger partial charge in [-0.25, -0.2) is 0 Å². The molecule has 6 nitrogen and oxygen atoms in total. The van der Waals surface area contributed by atoms with Crippen LogP contribution in [0.15, 0.2) is 30.3 Å². The monoisotopic (exact) mass is 339 g/mol. The summed E-state index contributed by atoms with van der Waals surface area (Å²) in [5.74, 6) is 2.81. The van der Waals surface area contributed by atoms with Crippen LogP contribution in [0.4, 0.5) is 0 Å². The highest BCUT2D eigenvalue weighted by Crippen LogP contribution is 2.28. The molecule has 1 aromatic heterocycles. The van der Waals surface area contributed by atoms with Crippen LogP contribution in [0.1, 0.15) is 42.9 Å². The summed E-state index contributed by atoms with van der Waals surface area (Å²) < 4.78 is 2.32. The van der Waals surface area contributed by atoms with Gasteiger partial charge in [-0.2, -0.15) is 0 Å². The zero-order chi connectivity index (χ0) is 17.2. The molecule has 1 saturated heterocycles. The highest BCUT2D eigenvalue weighted by Gasteiger charge is 2.29. The SMILES string of the molecule is CC(=O)N1CCC(c2nnc3n2CCN(Cc2ccccc2)C3)CC1. The first-order valence-electron chi connectivity index (χ1n) is 9.14. The molecule has 0 aliphatic carbocycles. The van der Waals surface area contributed by atoms with Crippen molar-refractivity contribution in [2.24, 2.45) is 0 Å². The summed E-state index contributed by atoms with van der Waals surface area (Å²) in [6.07, 6.45) is 1.98. The highest BCUT2D eigenvalue weighted by molar-refractivity contribution is 5.73. The van der Waals surface area contributed by atoms with E-state index < -0.39 is 0 Å². The molecule has 0 saturated carbocycles. The molecule has 6 heteroatoms. The Morgan fingerprint density at radius 2 is 1.84 bits per heavy atom. The van der Waals surface area contributed by atoms with Crippen LogP contribution in [0, 0.1) is 0 Å². The standard InChI is InChI=1S/C19H25N5O/c1-15(25)23-9-7-17(8-10-23)19-21-20-18-14-22(11-12-24(18)19)13-16-5-3-2-4-6-16/h2-6,17H,7-14H2,1H3. The largest absolute Gasteiger partial charge is 0.343 e. The van der Waals surface area contributed by atoms with E-state index in [1.165, 1.54) is 5.56 Å². The summed E-state index contributed by atoms with van der Waals surface area (Å²) in [6, 6.07) is 10.6. The molecule has 1 aromatic carbocycles. The van der Waals surface area contributed by atoms with Gasteiger partial charge in [0.15, 0.2) is 0 Å². The van der Waals surface area contributed by atoms with Crippen molar-refractivity contribution < 1.29 is 4.79 Å². The van der Waals surface area contributed by atoms with Crippen molar-refractivity contribution in [1.29, 1.82) is 0 Å². The third-order valence-electron chi connectivity index (χ3n) is 5.42. The Hall–Kier alpha value is -2.21. The fraction of sp³-hybridized carbons (Fsp3) is 0.526. The Labute approximate surface area is 148 Å². The first-order chi connectivity index (χ1) is 12.2. The molecule has 0 N–H and O–H groups in total. The molecule has 25 heavy (non-hydrogen) atoms. The third-order valence-corrected chi connectivity index (χ3v) is 5.42. The van der Waals surface area contributed by atoms with Crippen LogP contribution in [-0.2, 0) is 24.4 Å². The summed E-state index contributed by atoms with van der Waals surface area (Å²) >= 11 is 0. The van der Waals surface area contributed by atoms with Gasteiger partial charge in [0, 0.05) is 45.6 Å².